The van der Waals surface area contributed by atoms with Crippen molar-refractivity contribution in [3.05, 3.63) is 119 Å². The molecule has 16 rings (SSSR count). The SMILES string of the molecule is CC(C)c1ccnc2c1OCC1CC(n3cccn3)CN21.CC(C)c1ccnc2c1OCC1CS(=O)(=O)CCN21.CCC1CC2COc3c(C(C)C)ccnc3N2C1.CCCOC1CC2COc3c(C(C)C)ccnc3N2C1.[C-]#[N+]C1CC2COc3c(C(C)C)ccnc3N2C1. The van der Waals surface area contributed by atoms with Crippen LogP contribution < -0.4 is 48.2 Å². The van der Waals surface area contributed by atoms with E-state index in [1.54, 1.807) is 6.20 Å². The van der Waals surface area contributed by atoms with Crippen molar-refractivity contribution >= 4 is 38.9 Å². The summed E-state index contributed by atoms with van der Waals surface area (Å²) in [5, 5.41) is 4.39. The number of hydrogen-bond donors (Lipinski definition) is 0. The van der Waals surface area contributed by atoms with E-state index in [1.807, 2.05) is 55.4 Å². The molecule has 0 aromatic carbocycles. The molecule has 9 atom stereocenters. The Hall–Kier alpha value is -7.64. The number of fused-ring (bicyclic) bond motifs is 15. The summed E-state index contributed by atoms with van der Waals surface area (Å²) in [5.41, 5.74) is 6.15. The van der Waals surface area contributed by atoms with Crippen LogP contribution in [0.25, 0.3) is 4.85 Å². The second-order valence-electron chi connectivity index (χ2n) is 28.9. The van der Waals surface area contributed by atoms with Crippen molar-refractivity contribution in [3.63, 3.8) is 0 Å². The summed E-state index contributed by atoms with van der Waals surface area (Å²) in [6.07, 6.45) is 20.2. The average molecular weight is 1330 g/mol. The molecule has 0 saturated carbocycles. The first-order valence-corrected chi connectivity index (χ1v) is 37.2. The van der Waals surface area contributed by atoms with Gasteiger partial charge in [-0.1, -0.05) is 89.5 Å². The molecule has 0 spiro atoms. The lowest BCUT2D eigenvalue weighted by Gasteiger charge is -2.41. The monoisotopic (exact) mass is 1330 g/mol. The number of ether oxygens (including phenoxy) is 6. The molecule has 5 fully saturated rings. The predicted octanol–water partition coefficient (Wildman–Crippen LogP) is 12.5. The Morgan fingerprint density at radius 3 is 1.33 bits per heavy atom. The van der Waals surface area contributed by atoms with Crippen LogP contribution in [0.3, 0.4) is 0 Å². The van der Waals surface area contributed by atoms with Gasteiger partial charge in [0, 0.05) is 110 Å². The topological polar surface area (TPSA) is 192 Å². The van der Waals surface area contributed by atoms with Crippen molar-refractivity contribution in [1.29, 1.82) is 0 Å². The number of hydrogen-bond acceptors (Lipinski definition) is 19. The maximum absolute atomic E-state index is 11.7. The van der Waals surface area contributed by atoms with Crippen LogP contribution >= 0.6 is 0 Å². The van der Waals surface area contributed by atoms with E-state index in [0.29, 0.717) is 85.7 Å². The van der Waals surface area contributed by atoms with Crippen LogP contribution in [0.1, 0.15) is 185 Å². The highest BCUT2D eigenvalue weighted by Gasteiger charge is 2.45. The van der Waals surface area contributed by atoms with Crippen LogP contribution in [0.2, 0.25) is 0 Å². The largest absolute Gasteiger partial charge is 0.487 e. The Bertz CT molecular complexity index is 3790. The number of sulfone groups is 1. The maximum atomic E-state index is 11.7. The summed E-state index contributed by atoms with van der Waals surface area (Å²) >= 11 is 0. The average Bonchev–Trinajstić information content (AvgIpc) is 1.53. The van der Waals surface area contributed by atoms with Crippen LogP contribution in [0.5, 0.6) is 28.7 Å². The van der Waals surface area contributed by atoms with Crippen molar-refractivity contribution in [1.82, 2.24) is 34.7 Å². The second kappa shape index (κ2) is 29.6. The standard InChI is InChI=1S/C16H20N4O.C16H24N2O2.C15H22N2O.C14H17N3O.C13H18N2O3S/c1-11(2)14-4-6-17-16-15(14)21-10-13-8-12(9-19(13)16)20-7-3-5-18-20;1-4-7-19-13-8-12-10-20-15-14(11(2)3)5-6-17-16(15)18(12)9-13;1-4-11-7-12-9-18-14-13(10(2)3)5-6-16-15(14)17(12)8-11;1-9(2)12-4-5-16-14-13(12)18-8-11-6-10(15-3)7-17(11)14;1-9(2)11-3-4-14-13-12(11)18-7-10-8-19(16,17)6-5-15(10)13/h3-7,11-13H,8-10H2,1-2H3;5-6,11-13H,4,7-10H2,1-3H3;5-6,10-12H,4,7-9H2,1-3H3;4-5,9-11H,6-8H2,1-2H3;3-4,9-10H,5-8H2,1-2H3. The maximum Gasteiger partial charge on any atom is 0.243 e. The molecule has 10 aliphatic rings. The van der Waals surface area contributed by atoms with Gasteiger partial charge in [-0.2, -0.15) is 5.10 Å². The molecule has 21 nitrogen and oxygen atoms in total. The van der Waals surface area contributed by atoms with Crippen LogP contribution in [-0.2, 0) is 14.6 Å². The van der Waals surface area contributed by atoms with Gasteiger partial charge in [-0.05, 0) is 97.6 Å². The predicted molar refractivity (Wildman–Crippen MR) is 377 cm³/mol. The summed E-state index contributed by atoms with van der Waals surface area (Å²) in [6, 6.07) is 14.3. The van der Waals surface area contributed by atoms with Crippen LogP contribution in [0, 0.1) is 12.5 Å². The van der Waals surface area contributed by atoms with Crippen LogP contribution in [0.4, 0.5) is 29.1 Å². The number of rotatable bonds is 10. The van der Waals surface area contributed by atoms with E-state index >= 15 is 0 Å². The zero-order chi connectivity index (χ0) is 67.5. The van der Waals surface area contributed by atoms with E-state index in [9.17, 15) is 8.42 Å². The molecule has 0 amide bonds. The lowest BCUT2D eigenvalue weighted by molar-refractivity contribution is 0.0655. The zero-order valence-electron chi connectivity index (χ0n) is 58.5. The molecule has 0 radical (unpaired) electrons. The third kappa shape index (κ3) is 14.4. The quantitative estimate of drug-likeness (QED) is 0.117. The molecule has 0 aliphatic carbocycles. The zero-order valence-corrected chi connectivity index (χ0v) is 59.3. The van der Waals surface area contributed by atoms with Crippen LogP contribution in [0.15, 0.2) is 79.8 Å². The third-order valence-corrected chi connectivity index (χ3v) is 22.3. The molecule has 6 aromatic rings. The Labute approximate surface area is 569 Å². The lowest BCUT2D eigenvalue weighted by atomic mass is 10.0. The Morgan fingerprint density at radius 1 is 0.500 bits per heavy atom. The highest BCUT2D eigenvalue weighted by molar-refractivity contribution is 7.91. The first-order chi connectivity index (χ1) is 46.3. The number of aromatic nitrogens is 7. The molecular weight excluding hydrogens is 1230 g/mol. The molecule has 0 bridgehead atoms. The van der Waals surface area contributed by atoms with Crippen molar-refractivity contribution in [2.45, 2.75) is 200 Å². The van der Waals surface area contributed by atoms with E-state index in [1.165, 1.54) is 35.1 Å². The highest BCUT2D eigenvalue weighted by Crippen LogP contribution is 2.47. The van der Waals surface area contributed by atoms with Crippen LogP contribution in [-0.4, -0.2) is 169 Å². The Balaban J connectivity index is 0.000000115. The van der Waals surface area contributed by atoms with Gasteiger partial charge in [0.25, 0.3) is 0 Å². The van der Waals surface area contributed by atoms with Gasteiger partial charge in [-0.3, -0.25) is 4.68 Å². The minimum atomic E-state index is -2.93. The van der Waals surface area contributed by atoms with Gasteiger partial charge in [0.05, 0.1) is 60.4 Å². The van der Waals surface area contributed by atoms with E-state index in [0.717, 1.165) is 148 Å². The van der Waals surface area contributed by atoms with Gasteiger partial charge < -0.3 is 57.8 Å². The van der Waals surface area contributed by atoms with Gasteiger partial charge >= 0.3 is 0 Å². The second-order valence-corrected chi connectivity index (χ2v) is 31.1. The number of pyridine rings is 5. The fourth-order valence-corrected chi connectivity index (χ4v) is 16.8. The molecule has 0 N–H and O–H groups in total. The molecule has 516 valence electrons. The summed E-state index contributed by atoms with van der Waals surface area (Å²) in [6.45, 7) is 42.0. The van der Waals surface area contributed by atoms with Gasteiger partial charge in [0.1, 0.15) is 33.0 Å². The van der Waals surface area contributed by atoms with Crippen molar-refractivity contribution < 1.29 is 36.8 Å². The molecule has 6 aromatic heterocycles. The molecule has 22 heteroatoms. The molecule has 5 saturated heterocycles. The molecule has 9 unspecified atom stereocenters. The molecular formula is C74H101N13O8S. The first-order valence-electron chi connectivity index (χ1n) is 35.4. The van der Waals surface area contributed by atoms with E-state index < -0.39 is 9.84 Å². The van der Waals surface area contributed by atoms with Crippen molar-refractivity contribution in [2.24, 2.45) is 5.92 Å². The molecule has 96 heavy (non-hydrogen) atoms. The van der Waals surface area contributed by atoms with E-state index in [2.05, 4.69) is 165 Å². The lowest BCUT2D eigenvalue weighted by Crippen LogP contribution is -2.53. The van der Waals surface area contributed by atoms with E-state index in [4.69, 9.17) is 35.0 Å². The first kappa shape index (κ1) is 68.3. The normalized spacial score (nSPS) is 24.8. The number of nitrogens with zero attached hydrogens (tertiary/aromatic N) is 13. The van der Waals surface area contributed by atoms with Gasteiger partial charge in [0.15, 0.2) is 67.7 Å². The Morgan fingerprint density at radius 2 is 0.906 bits per heavy atom. The fourth-order valence-electron chi connectivity index (χ4n) is 15.3. The highest BCUT2D eigenvalue weighted by atomic mass is 32.2. The summed E-state index contributed by atoms with van der Waals surface area (Å²) in [7, 11) is -2.93. The molecule has 16 heterocycles. The van der Waals surface area contributed by atoms with Gasteiger partial charge in [-0.25, -0.2) is 39.9 Å². The summed E-state index contributed by atoms with van der Waals surface area (Å²) in [4.78, 5) is 37.9. The number of anilines is 5. The smallest absolute Gasteiger partial charge is 0.243 e. The minimum Gasteiger partial charge on any atom is -0.487 e. The molecule has 10 aliphatic heterocycles. The minimum absolute atomic E-state index is 0.0917. The fraction of sp³-hybridized carbons (Fsp3) is 0.608. The summed E-state index contributed by atoms with van der Waals surface area (Å²) < 4.78 is 61.2. The van der Waals surface area contributed by atoms with Gasteiger partial charge in [0.2, 0.25) is 6.04 Å². The van der Waals surface area contributed by atoms with Gasteiger partial charge in [-0.15, -0.1) is 0 Å². The Kier molecular flexibility index (Phi) is 21.1. The van der Waals surface area contributed by atoms with E-state index in [-0.39, 0.29) is 23.6 Å². The van der Waals surface area contributed by atoms with Crippen molar-refractivity contribution in [2.75, 3.05) is 108 Å². The summed E-state index contributed by atoms with van der Waals surface area (Å²) in [5.74, 6) is 12.9. The van der Waals surface area contributed by atoms with Crippen molar-refractivity contribution in [3.8, 4) is 28.7 Å². The third-order valence-electron chi connectivity index (χ3n) is 20.6.